The third-order valence-corrected chi connectivity index (χ3v) is 3.20. The predicted molar refractivity (Wildman–Crippen MR) is 75.3 cm³/mol. The number of rotatable bonds is 3. The van der Waals surface area contributed by atoms with Crippen LogP contribution in [0.15, 0.2) is 48.8 Å². The predicted octanol–water partition coefficient (Wildman–Crippen LogP) is 3.36. The lowest BCUT2D eigenvalue weighted by Crippen LogP contribution is -1.95. The molecule has 0 radical (unpaired) electrons. The second-order valence-electron chi connectivity index (χ2n) is 4.69. The Morgan fingerprint density at radius 1 is 1.21 bits per heavy atom. The number of carbonyl (C=O) groups excluding carboxylic acids is 1. The molecular weight excluding hydrogens is 236 g/mol. The Balaban J connectivity index is 1.91. The van der Waals surface area contributed by atoms with E-state index in [1.165, 1.54) is 0 Å². The molecule has 0 bridgehead atoms. The highest BCUT2D eigenvalue weighted by Crippen LogP contribution is 2.15. The Hall–Kier alpha value is -2.42. The smallest absolute Gasteiger partial charge is 0.159 e. The fourth-order valence-electron chi connectivity index (χ4n) is 2.22. The van der Waals surface area contributed by atoms with E-state index < -0.39 is 0 Å². The normalized spacial score (nSPS) is 10.8. The SMILES string of the molecule is CC(=O)c1cccc(Cc2cnc3[nH]ccc3c2)c1. The standard InChI is InChI=1S/C16H14N2O/c1-11(19)14-4-2-3-12(8-14)7-13-9-15-5-6-17-16(15)18-10-13/h2-6,8-10H,7H2,1H3,(H,17,18). The molecule has 0 spiro atoms. The van der Waals surface area contributed by atoms with E-state index >= 15 is 0 Å². The fraction of sp³-hybridized carbons (Fsp3) is 0.125. The molecule has 3 nitrogen and oxygen atoms in total. The van der Waals surface area contributed by atoms with Crippen LogP contribution in [0.25, 0.3) is 11.0 Å². The van der Waals surface area contributed by atoms with Crippen molar-refractivity contribution >= 4 is 16.8 Å². The van der Waals surface area contributed by atoms with Gasteiger partial charge in [-0.2, -0.15) is 0 Å². The Morgan fingerprint density at radius 2 is 2.11 bits per heavy atom. The van der Waals surface area contributed by atoms with Crippen molar-refractivity contribution in [2.24, 2.45) is 0 Å². The lowest BCUT2D eigenvalue weighted by molar-refractivity contribution is 0.101. The van der Waals surface area contributed by atoms with Crippen LogP contribution in [-0.2, 0) is 6.42 Å². The number of Topliss-reactive ketones (excluding diaryl/α,β-unsaturated/α-hetero) is 1. The highest BCUT2D eigenvalue weighted by molar-refractivity contribution is 5.94. The topological polar surface area (TPSA) is 45.8 Å². The monoisotopic (exact) mass is 250 g/mol. The van der Waals surface area contributed by atoms with E-state index in [4.69, 9.17) is 0 Å². The Bertz CT molecular complexity index is 743. The molecule has 0 aliphatic rings. The first kappa shape index (κ1) is 11.7. The Labute approximate surface area is 111 Å². The number of benzene rings is 1. The minimum Gasteiger partial charge on any atom is -0.346 e. The summed E-state index contributed by atoms with van der Waals surface area (Å²) in [7, 11) is 0. The van der Waals surface area contributed by atoms with E-state index in [2.05, 4.69) is 16.0 Å². The zero-order valence-corrected chi connectivity index (χ0v) is 10.7. The van der Waals surface area contributed by atoms with Gasteiger partial charge in [0.1, 0.15) is 5.65 Å². The minimum atomic E-state index is 0.0982. The summed E-state index contributed by atoms with van der Waals surface area (Å²) < 4.78 is 0. The molecule has 1 N–H and O–H groups in total. The summed E-state index contributed by atoms with van der Waals surface area (Å²) in [5, 5.41) is 1.11. The van der Waals surface area contributed by atoms with Crippen molar-refractivity contribution in [2.45, 2.75) is 13.3 Å². The summed E-state index contributed by atoms with van der Waals surface area (Å²) in [5.74, 6) is 0.0982. The highest BCUT2D eigenvalue weighted by Gasteiger charge is 2.03. The molecule has 2 heterocycles. The molecular formula is C16H14N2O. The van der Waals surface area contributed by atoms with Crippen LogP contribution in [-0.4, -0.2) is 15.8 Å². The minimum absolute atomic E-state index is 0.0982. The number of H-pyrrole nitrogens is 1. The number of hydrogen-bond acceptors (Lipinski definition) is 2. The zero-order valence-electron chi connectivity index (χ0n) is 10.7. The summed E-state index contributed by atoms with van der Waals surface area (Å²) in [6.07, 6.45) is 4.55. The van der Waals surface area contributed by atoms with Gasteiger partial charge in [0.05, 0.1) is 0 Å². The second kappa shape index (κ2) is 4.69. The lowest BCUT2D eigenvalue weighted by atomic mass is 10.0. The third kappa shape index (κ3) is 2.40. The van der Waals surface area contributed by atoms with Crippen LogP contribution >= 0.6 is 0 Å². The van der Waals surface area contributed by atoms with Gasteiger partial charge < -0.3 is 4.98 Å². The molecule has 3 heteroatoms. The van der Waals surface area contributed by atoms with Crippen molar-refractivity contribution in [1.82, 2.24) is 9.97 Å². The van der Waals surface area contributed by atoms with Crippen LogP contribution in [0.5, 0.6) is 0 Å². The van der Waals surface area contributed by atoms with Gasteiger partial charge in [0.2, 0.25) is 0 Å². The van der Waals surface area contributed by atoms with Gasteiger partial charge in [0.15, 0.2) is 5.78 Å². The number of nitrogens with one attached hydrogen (secondary N) is 1. The number of nitrogens with zero attached hydrogens (tertiary/aromatic N) is 1. The van der Waals surface area contributed by atoms with Gasteiger partial charge in [-0.1, -0.05) is 18.2 Å². The molecule has 0 atom stereocenters. The molecule has 3 rings (SSSR count). The number of carbonyl (C=O) groups is 1. The average molecular weight is 250 g/mol. The molecule has 0 saturated heterocycles. The Kier molecular flexibility index (Phi) is 2.88. The molecule has 0 saturated carbocycles. The largest absolute Gasteiger partial charge is 0.346 e. The van der Waals surface area contributed by atoms with Crippen LogP contribution in [0.1, 0.15) is 28.4 Å². The van der Waals surface area contributed by atoms with Crippen molar-refractivity contribution in [1.29, 1.82) is 0 Å². The van der Waals surface area contributed by atoms with Gasteiger partial charge in [-0.25, -0.2) is 4.98 Å². The van der Waals surface area contributed by atoms with Crippen molar-refractivity contribution in [2.75, 3.05) is 0 Å². The summed E-state index contributed by atoms with van der Waals surface area (Å²) in [6.45, 7) is 1.59. The molecule has 2 aromatic heterocycles. The van der Waals surface area contributed by atoms with Crippen molar-refractivity contribution in [3.05, 3.63) is 65.5 Å². The van der Waals surface area contributed by atoms with Gasteiger partial charge in [0.25, 0.3) is 0 Å². The van der Waals surface area contributed by atoms with E-state index in [0.29, 0.717) is 0 Å². The van der Waals surface area contributed by atoms with E-state index in [9.17, 15) is 4.79 Å². The van der Waals surface area contributed by atoms with Crippen LogP contribution in [0.4, 0.5) is 0 Å². The van der Waals surface area contributed by atoms with Gasteiger partial charge >= 0.3 is 0 Å². The fourth-order valence-corrected chi connectivity index (χ4v) is 2.22. The number of fused-ring (bicyclic) bond motifs is 1. The average Bonchev–Trinajstić information content (AvgIpc) is 2.86. The summed E-state index contributed by atoms with van der Waals surface area (Å²) in [5.41, 5.74) is 3.94. The van der Waals surface area contributed by atoms with Gasteiger partial charge in [-0.15, -0.1) is 0 Å². The van der Waals surface area contributed by atoms with Crippen LogP contribution in [0, 0.1) is 0 Å². The first-order valence-corrected chi connectivity index (χ1v) is 6.24. The molecule has 1 aromatic carbocycles. The number of pyridine rings is 1. The number of ketones is 1. The molecule has 0 aliphatic carbocycles. The molecule has 0 amide bonds. The zero-order chi connectivity index (χ0) is 13.2. The summed E-state index contributed by atoms with van der Waals surface area (Å²) in [6, 6.07) is 11.9. The maximum absolute atomic E-state index is 11.4. The second-order valence-corrected chi connectivity index (χ2v) is 4.69. The highest BCUT2D eigenvalue weighted by atomic mass is 16.1. The lowest BCUT2D eigenvalue weighted by Gasteiger charge is -2.04. The Morgan fingerprint density at radius 3 is 2.95 bits per heavy atom. The first-order chi connectivity index (χ1) is 9.22. The quantitative estimate of drug-likeness (QED) is 0.724. The number of hydrogen-bond donors (Lipinski definition) is 1. The summed E-state index contributed by atoms with van der Waals surface area (Å²) >= 11 is 0. The molecule has 0 aliphatic heterocycles. The molecule has 0 unspecified atom stereocenters. The molecule has 0 fully saturated rings. The van der Waals surface area contributed by atoms with Crippen LogP contribution < -0.4 is 0 Å². The van der Waals surface area contributed by atoms with Crippen molar-refractivity contribution in [3.63, 3.8) is 0 Å². The summed E-state index contributed by atoms with van der Waals surface area (Å²) in [4.78, 5) is 18.8. The van der Waals surface area contributed by atoms with Gasteiger partial charge in [-0.3, -0.25) is 4.79 Å². The van der Waals surface area contributed by atoms with Crippen molar-refractivity contribution in [3.8, 4) is 0 Å². The van der Waals surface area contributed by atoms with Gasteiger partial charge in [0, 0.05) is 23.3 Å². The van der Waals surface area contributed by atoms with Gasteiger partial charge in [-0.05, 0) is 42.7 Å². The first-order valence-electron chi connectivity index (χ1n) is 6.24. The van der Waals surface area contributed by atoms with E-state index in [1.807, 2.05) is 42.7 Å². The number of aromatic nitrogens is 2. The van der Waals surface area contributed by atoms with Crippen LogP contribution in [0.2, 0.25) is 0 Å². The van der Waals surface area contributed by atoms with E-state index in [0.717, 1.165) is 34.1 Å². The molecule has 19 heavy (non-hydrogen) atoms. The third-order valence-electron chi connectivity index (χ3n) is 3.20. The van der Waals surface area contributed by atoms with Crippen LogP contribution in [0.3, 0.4) is 0 Å². The maximum atomic E-state index is 11.4. The maximum Gasteiger partial charge on any atom is 0.159 e. The molecule has 94 valence electrons. The van der Waals surface area contributed by atoms with Crippen molar-refractivity contribution < 1.29 is 4.79 Å². The van der Waals surface area contributed by atoms with E-state index in [1.54, 1.807) is 6.92 Å². The van der Waals surface area contributed by atoms with E-state index in [-0.39, 0.29) is 5.78 Å². The number of aromatic amines is 1. The molecule has 3 aromatic rings.